The number of benzene rings is 2. The maximum atomic E-state index is 13.3. The van der Waals surface area contributed by atoms with Crippen LogP contribution in [0.1, 0.15) is 44.6 Å². The lowest BCUT2D eigenvalue weighted by atomic mass is 9.99. The van der Waals surface area contributed by atoms with Crippen molar-refractivity contribution in [1.82, 2.24) is 25.1 Å². The third-order valence-corrected chi connectivity index (χ3v) is 6.48. The number of ether oxygens (including phenoxy) is 1. The second kappa shape index (κ2) is 9.24. The lowest BCUT2D eigenvalue weighted by Crippen LogP contribution is -2.48. The topological polar surface area (TPSA) is 59.3 Å². The highest BCUT2D eigenvalue weighted by atomic mass is 19.1. The standard InChI is InChI=1S/C24H31FN6O/c1-5-24(2,3)31-23(26-27-28-31)22(18-6-12-21(32-4)13-7-18)30-16-14-29(15-17-30)20-10-8-19(25)9-11-20/h6-13,22H,5,14-17H2,1-4H3/t22-/m0/s1. The quantitative estimate of drug-likeness (QED) is 0.558. The Morgan fingerprint density at radius 2 is 1.66 bits per heavy atom. The molecule has 1 aliphatic rings. The van der Waals surface area contributed by atoms with Crippen LogP contribution in [-0.4, -0.2) is 58.4 Å². The first-order chi connectivity index (χ1) is 15.4. The van der Waals surface area contributed by atoms with Gasteiger partial charge in [0.1, 0.15) is 11.6 Å². The minimum atomic E-state index is -0.211. The summed E-state index contributed by atoms with van der Waals surface area (Å²) in [4.78, 5) is 4.72. The molecule has 1 fully saturated rings. The monoisotopic (exact) mass is 438 g/mol. The molecule has 2 heterocycles. The van der Waals surface area contributed by atoms with Crippen LogP contribution in [0.5, 0.6) is 5.75 Å². The van der Waals surface area contributed by atoms with Gasteiger partial charge in [-0.25, -0.2) is 9.07 Å². The molecular formula is C24H31FN6O. The summed E-state index contributed by atoms with van der Waals surface area (Å²) in [7, 11) is 1.67. The molecule has 0 N–H and O–H groups in total. The van der Waals surface area contributed by atoms with Crippen molar-refractivity contribution < 1.29 is 9.13 Å². The molecule has 0 radical (unpaired) electrons. The van der Waals surface area contributed by atoms with Gasteiger partial charge in [0, 0.05) is 31.9 Å². The van der Waals surface area contributed by atoms with Crippen molar-refractivity contribution in [3.8, 4) is 5.75 Å². The molecule has 0 amide bonds. The van der Waals surface area contributed by atoms with Gasteiger partial charge in [-0.2, -0.15) is 0 Å². The van der Waals surface area contributed by atoms with E-state index in [2.05, 4.69) is 58.2 Å². The van der Waals surface area contributed by atoms with E-state index in [4.69, 9.17) is 4.74 Å². The largest absolute Gasteiger partial charge is 0.497 e. The van der Waals surface area contributed by atoms with E-state index in [0.29, 0.717) is 0 Å². The number of tetrazole rings is 1. The summed E-state index contributed by atoms with van der Waals surface area (Å²) in [5.41, 5.74) is 1.98. The molecule has 1 aliphatic heterocycles. The van der Waals surface area contributed by atoms with Crippen LogP contribution in [0.15, 0.2) is 48.5 Å². The van der Waals surface area contributed by atoms with Crippen LogP contribution in [0.25, 0.3) is 0 Å². The van der Waals surface area contributed by atoms with Gasteiger partial charge in [0.2, 0.25) is 0 Å². The second-order valence-corrected chi connectivity index (χ2v) is 8.79. The molecule has 3 aromatic rings. The van der Waals surface area contributed by atoms with Crippen molar-refractivity contribution >= 4 is 5.69 Å². The van der Waals surface area contributed by atoms with E-state index < -0.39 is 0 Å². The van der Waals surface area contributed by atoms with E-state index in [9.17, 15) is 4.39 Å². The number of hydrogen-bond acceptors (Lipinski definition) is 6. The fourth-order valence-corrected chi connectivity index (χ4v) is 4.15. The molecule has 4 rings (SSSR count). The van der Waals surface area contributed by atoms with Crippen LogP contribution < -0.4 is 9.64 Å². The number of halogens is 1. The number of methoxy groups -OCH3 is 1. The highest BCUT2D eigenvalue weighted by Gasteiger charge is 2.34. The average Bonchev–Trinajstić information content (AvgIpc) is 3.31. The Hall–Kier alpha value is -3.00. The molecule has 2 aromatic carbocycles. The third kappa shape index (κ3) is 4.46. The van der Waals surface area contributed by atoms with Crippen LogP contribution in [-0.2, 0) is 5.54 Å². The molecule has 1 aromatic heterocycles. The zero-order chi connectivity index (χ0) is 22.7. The van der Waals surface area contributed by atoms with Crippen molar-refractivity contribution in [3.05, 3.63) is 65.7 Å². The zero-order valence-electron chi connectivity index (χ0n) is 19.2. The van der Waals surface area contributed by atoms with Crippen molar-refractivity contribution in [2.75, 3.05) is 38.2 Å². The smallest absolute Gasteiger partial charge is 0.173 e. The van der Waals surface area contributed by atoms with Crippen LogP contribution in [0, 0.1) is 5.82 Å². The van der Waals surface area contributed by atoms with Gasteiger partial charge in [0.05, 0.1) is 18.7 Å². The molecule has 0 bridgehead atoms. The Morgan fingerprint density at radius 3 is 2.25 bits per heavy atom. The first kappa shape index (κ1) is 22.2. The minimum Gasteiger partial charge on any atom is -0.497 e. The highest BCUT2D eigenvalue weighted by Crippen LogP contribution is 2.33. The Labute approximate surface area is 188 Å². The molecule has 1 atom stereocenters. The summed E-state index contributed by atoms with van der Waals surface area (Å²) in [5.74, 6) is 1.46. The molecule has 0 aliphatic carbocycles. The Kier molecular flexibility index (Phi) is 6.41. The van der Waals surface area contributed by atoms with Crippen LogP contribution in [0.2, 0.25) is 0 Å². The molecule has 170 valence electrons. The van der Waals surface area contributed by atoms with Crippen LogP contribution in [0.3, 0.4) is 0 Å². The predicted molar refractivity (Wildman–Crippen MR) is 122 cm³/mol. The fraction of sp³-hybridized carbons (Fsp3) is 0.458. The summed E-state index contributed by atoms with van der Waals surface area (Å²) in [5, 5.41) is 12.9. The van der Waals surface area contributed by atoms with Crippen molar-refractivity contribution in [2.45, 2.75) is 38.8 Å². The maximum Gasteiger partial charge on any atom is 0.173 e. The number of anilines is 1. The van der Waals surface area contributed by atoms with Gasteiger partial charge in [0.25, 0.3) is 0 Å². The second-order valence-electron chi connectivity index (χ2n) is 8.79. The Morgan fingerprint density at radius 1 is 1.00 bits per heavy atom. The SMILES string of the molecule is CCC(C)(C)n1nnnc1[C@H](c1ccc(OC)cc1)N1CCN(c2ccc(F)cc2)CC1. The zero-order valence-corrected chi connectivity index (χ0v) is 19.2. The number of aromatic nitrogens is 4. The first-order valence-corrected chi connectivity index (χ1v) is 11.1. The van der Waals surface area contributed by atoms with E-state index in [1.165, 1.54) is 12.1 Å². The molecule has 8 heteroatoms. The summed E-state index contributed by atoms with van der Waals surface area (Å²) >= 11 is 0. The molecule has 0 unspecified atom stereocenters. The average molecular weight is 439 g/mol. The lowest BCUT2D eigenvalue weighted by molar-refractivity contribution is 0.187. The number of piperazine rings is 1. The molecule has 32 heavy (non-hydrogen) atoms. The van der Waals surface area contributed by atoms with Gasteiger partial charge in [-0.05, 0) is 72.7 Å². The minimum absolute atomic E-state index is 0.0721. The summed E-state index contributed by atoms with van der Waals surface area (Å²) in [6.07, 6.45) is 0.915. The predicted octanol–water partition coefficient (Wildman–Crippen LogP) is 3.88. The van der Waals surface area contributed by atoms with Gasteiger partial charge >= 0.3 is 0 Å². The summed E-state index contributed by atoms with van der Waals surface area (Å²) < 4.78 is 20.7. The Bertz CT molecular complexity index is 1010. The van der Waals surface area contributed by atoms with E-state index in [-0.39, 0.29) is 17.4 Å². The lowest BCUT2D eigenvalue weighted by Gasteiger charge is -2.40. The van der Waals surface area contributed by atoms with Crippen molar-refractivity contribution in [3.63, 3.8) is 0 Å². The van der Waals surface area contributed by atoms with Gasteiger partial charge in [0.15, 0.2) is 5.82 Å². The van der Waals surface area contributed by atoms with E-state index in [1.54, 1.807) is 7.11 Å². The molecule has 1 saturated heterocycles. The van der Waals surface area contributed by atoms with Gasteiger partial charge < -0.3 is 9.64 Å². The molecule has 0 saturated carbocycles. The van der Waals surface area contributed by atoms with E-state index in [0.717, 1.165) is 55.4 Å². The summed E-state index contributed by atoms with van der Waals surface area (Å²) in [6.45, 7) is 9.83. The normalized spacial score (nSPS) is 16.2. The Balaban J connectivity index is 1.63. The van der Waals surface area contributed by atoms with Gasteiger partial charge in [-0.1, -0.05) is 19.1 Å². The van der Waals surface area contributed by atoms with E-state index >= 15 is 0 Å². The molecule has 0 spiro atoms. The van der Waals surface area contributed by atoms with Crippen LogP contribution in [0.4, 0.5) is 10.1 Å². The summed E-state index contributed by atoms with van der Waals surface area (Å²) in [6, 6.07) is 14.8. The third-order valence-electron chi connectivity index (χ3n) is 6.48. The fourth-order valence-electron chi connectivity index (χ4n) is 4.15. The van der Waals surface area contributed by atoms with Crippen LogP contribution >= 0.6 is 0 Å². The van der Waals surface area contributed by atoms with E-state index in [1.807, 2.05) is 28.9 Å². The maximum absolute atomic E-state index is 13.3. The van der Waals surface area contributed by atoms with Crippen molar-refractivity contribution in [2.24, 2.45) is 0 Å². The van der Waals surface area contributed by atoms with Gasteiger partial charge in [-0.15, -0.1) is 5.10 Å². The van der Waals surface area contributed by atoms with Gasteiger partial charge in [-0.3, -0.25) is 4.90 Å². The number of rotatable bonds is 7. The molecular weight excluding hydrogens is 407 g/mol. The van der Waals surface area contributed by atoms with Crippen molar-refractivity contribution in [1.29, 1.82) is 0 Å². The first-order valence-electron chi connectivity index (χ1n) is 11.1. The molecule has 7 nitrogen and oxygen atoms in total. The highest BCUT2D eigenvalue weighted by molar-refractivity contribution is 5.46. The number of hydrogen-bond donors (Lipinski definition) is 0. The number of nitrogens with zero attached hydrogens (tertiary/aromatic N) is 6.